The Morgan fingerprint density at radius 2 is 1.82 bits per heavy atom. The van der Waals surface area contributed by atoms with E-state index >= 15 is 0 Å². The minimum atomic E-state index is -0.359. The Labute approximate surface area is 131 Å². The molecule has 2 aromatic rings. The molecule has 0 bridgehead atoms. The van der Waals surface area contributed by atoms with E-state index in [9.17, 15) is 4.79 Å². The second-order valence-electron chi connectivity index (χ2n) is 6.22. The minimum absolute atomic E-state index is 0.0557. The van der Waals surface area contributed by atoms with Gasteiger partial charge in [0.1, 0.15) is 6.61 Å². The zero-order valence-electron chi connectivity index (χ0n) is 13.1. The molecule has 0 atom stereocenters. The molecule has 0 aliphatic heterocycles. The molecule has 0 spiro atoms. The summed E-state index contributed by atoms with van der Waals surface area (Å²) in [6.45, 7) is 6.54. The molecule has 0 heterocycles. The summed E-state index contributed by atoms with van der Waals surface area (Å²) in [6.07, 6.45) is 0. The summed E-state index contributed by atoms with van der Waals surface area (Å²) in [5.74, 6) is -0.359. The van der Waals surface area contributed by atoms with Crippen molar-refractivity contribution in [1.82, 2.24) is 0 Å². The molecule has 0 N–H and O–H groups in total. The number of carbonyl (C=O) groups excluding carboxylic acids is 1. The largest absolute Gasteiger partial charge is 0.457 e. The highest BCUT2D eigenvalue weighted by Gasteiger charge is 2.14. The van der Waals surface area contributed by atoms with Gasteiger partial charge in [0.05, 0.1) is 17.2 Å². The summed E-state index contributed by atoms with van der Waals surface area (Å²) in [6, 6.07) is 16.6. The van der Waals surface area contributed by atoms with Crippen molar-refractivity contribution in [1.29, 1.82) is 5.26 Å². The highest BCUT2D eigenvalue weighted by atomic mass is 16.5. The fourth-order valence-corrected chi connectivity index (χ4v) is 2.07. The molecule has 3 heteroatoms. The lowest BCUT2D eigenvalue weighted by Gasteiger charge is -2.18. The van der Waals surface area contributed by atoms with E-state index in [2.05, 4.69) is 26.8 Å². The van der Waals surface area contributed by atoms with Crippen molar-refractivity contribution in [3.8, 4) is 6.07 Å². The molecule has 22 heavy (non-hydrogen) atoms. The molecule has 0 aliphatic carbocycles. The molecule has 0 radical (unpaired) electrons. The van der Waals surface area contributed by atoms with Crippen LogP contribution in [0.15, 0.2) is 48.5 Å². The first-order valence-electron chi connectivity index (χ1n) is 7.17. The van der Waals surface area contributed by atoms with Crippen molar-refractivity contribution in [3.63, 3.8) is 0 Å². The van der Waals surface area contributed by atoms with Gasteiger partial charge in [-0.1, -0.05) is 45.0 Å². The van der Waals surface area contributed by atoms with Crippen LogP contribution in [0.1, 0.15) is 47.8 Å². The Hall–Kier alpha value is -2.60. The molecule has 0 fully saturated rings. The first kappa shape index (κ1) is 15.8. The number of nitriles is 1. The van der Waals surface area contributed by atoms with Crippen molar-refractivity contribution in [2.24, 2.45) is 0 Å². The summed E-state index contributed by atoms with van der Waals surface area (Å²) in [7, 11) is 0. The summed E-state index contributed by atoms with van der Waals surface area (Å²) in [4.78, 5) is 12.0. The second-order valence-corrected chi connectivity index (χ2v) is 6.22. The maximum atomic E-state index is 12.0. The van der Waals surface area contributed by atoms with E-state index in [0.29, 0.717) is 11.1 Å². The average Bonchev–Trinajstić information content (AvgIpc) is 2.52. The summed E-state index contributed by atoms with van der Waals surface area (Å²) >= 11 is 0. The van der Waals surface area contributed by atoms with Crippen molar-refractivity contribution in [2.45, 2.75) is 32.8 Å². The van der Waals surface area contributed by atoms with E-state index in [-0.39, 0.29) is 18.0 Å². The number of benzene rings is 2. The number of ether oxygens (including phenoxy) is 1. The van der Waals surface area contributed by atoms with Gasteiger partial charge in [-0.2, -0.15) is 5.26 Å². The second kappa shape index (κ2) is 6.44. The zero-order valence-corrected chi connectivity index (χ0v) is 13.1. The van der Waals surface area contributed by atoms with Gasteiger partial charge in [-0.05, 0) is 40.8 Å². The van der Waals surface area contributed by atoms with Crippen LogP contribution in [-0.2, 0) is 16.8 Å². The first-order chi connectivity index (χ1) is 10.4. The predicted octanol–water partition coefficient (Wildman–Crippen LogP) is 4.21. The van der Waals surface area contributed by atoms with Gasteiger partial charge >= 0.3 is 5.97 Å². The molecule has 0 saturated heterocycles. The standard InChI is InChI=1S/C19H19NO2/c1-19(2,3)17-9-7-16(8-10-17)18(21)22-13-15-6-4-5-14(11-15)12-20/h4-11H,13H2,1-3H3. The first-order valence-corrected chi connectivity index (χ1v) is 7.17. The Bertz CT molecular complexity index is 703. The lowest BCUT2D eigenvalue weighted by molar-refractivity contribution is 0.0472. The maximum Gasteiger partial charge on any atom is 0.338 e. The Morgan fingerprint density at radius 1 is 1.14 bits per heavy atom. The van der Waals surface area contributed by atoms with Crippen LogP contribution in [-0.4, -0.2) is 5.97 Å². The SMILES string of the molecule is CC(C)(C)c1ccc(C(=O)OCc2cccc(C#N)c2)cc1. The number of carbonyl (C=O) groups is 1. The van der Waals surface area contributed by atoms with Crippen LogP contribution >= 0.6 is 0 Å². The van der Waals surface area contributed by atoms with Gasteiger partial charge in [-0.3, -0.25) is 0 Å². The molecule has 112 valence electrons. The molecule has 0 aromatic heterocycles. The Morgan fingerprint density at radius 3 is 2.41 bits per heavy atom. The van der Waals surface area contributed by atoms with E-state index in [1.165, 1.54) is 5.56 Å². The number of hydrogen-bond acceptors (Lipinski definition) is 3. The number of rotatable bonds is 3. The maximum absolute atomic E-state index is 12.0. The molecule has 0 aliphatic rings. The molecule has 2 rings (SSSR count). The van der Waals surface area contributed by atoms with Gasteiger partial charge in [0.25, 0.3) is 0 Å². The lowest BCUT2D eigenvalue weighted by atomic mass is 9.87. The van der Waals surface area contributed by atoms with Crippen LogP contribution in [0.25, 0.3) is 0 Å². The number of hydrogen-bond donors (Lipinski definition) is 0. The molecule has 0 unspecified atom stereocenters. The molecule has 3 nitrogen and oxygen atoms in total. The summed E-state index contributed by atoms with van der Waals surface area (Å²) < 4.78 is 5.29. The third-order valence-corrected chi connectivity index (χ3v) is 3.41. The average molecular weight is 293 g/mol. The fourth-order valence-electron chi connectivity index (χ4n) is 2.07. The van der Waals surface area contributed by atoms with E-state index in [1.807, 2.05) is 18.2 Å². The predicted molar refractivity (Wildman–Crippen MR) is 85.4 cm³/mol. The van der Waals surface area contributed by atoms with Crippen molar-refractivity contribution < 1.29 is 9.53 Å². The molecular weight excluding hydrogens is 274 g/mol. The van der Waals surface area contributed by atoms with Crippen LogP contribution in [0.4, 0.5) is 0 Å². The van der Waals surface area contributed by atoms with Crippen molar-refractivity contribution in [3.05, 3.63) is 70.8 Å². The number of esters is 1. The van der Waals surface area contributed by atoms with Crippen LogP contribution in [0.2, 0.25) is 0 Å². The van der Waals surface area contributed by atoms with Crippen LogP contribution < -0.4 is 0 Å². The highest BCUT2D eigenvalue weighted by Crippen LogP contribution is 2.22. The van der Waals surface area contributed by atoms with Gasteiger partial charge < -0.3 is 4.74 Å². The van der Waals surface area contributed by atoms with Gasteiger partial charge in [-0.15, -0.1) is 0 Å². The van der Waals surface area contributed by atoms with Gasteiger partial charge in [0.2, 0.25) is 0 Å². The van der Waals surface area contributed by atoms with Gasteiger partial charge in [0.15, 0.2) is 0 Å². The normalized spacial score (nSPS) is 10.8. The van der Waals surface area contributed by atoms with E-state index in [1.54, 1.807) is 30.3 Å². The van der Waals surface area contributed by atoms with Crippen LogP contribution in [0.3, 0.4) is 0 Å². The lowest BCUT2D eigenvalue weighted by Crippen LogP contribution is -2.12. The fraction of sp³-hybridized carbons (Fsp3) is 0.263. The van der Waals surface area contributed by atoms with Crippen LogP contribution in [0.5, 0.6) is 0 Å². The van der Waals surface area contributed by atoms with Crippen molar-refractivity contribution >= 4 is 5.97 Å². The molecular formula is C19H19NO2. The van der Waals surface area contributed by atoms with Crippen LogP contribution in [0, 0.1) is 11.3 Å². The topological polar surface area (TPSA) is 50.1 Å². The highest BCUT2D eigenvalue weighted by molar-refractivity contribution is 5.89. The Balaban J connectivity index is 2.02. The van der Waals surface area contributed by atoms with Gasteiger partial charge in [-0.25, -0.2) is 4.79 Å². The smallest absolute Gasteiger partial charge is 0.338 e. The zero-order chi connectivity index (χ0) is 16.2. The quantitative estimate of drug-likeness (QED) is 0.796. The van der Waals surface area contributed by atoms with E-state index in [0.717, 1.165) is 5.56 Å². The molecule has 0 amide bonds. The van der Waals surface area contributed by atoms with Gasteiger partial charge in [0, 0.05) is 0 Å². The Kier molecular flexibility index (Phi) is 4.62. The molecule has 0 saturated carbocycles. The molecule has 2 aromatic carbocycles. The summed E-state index contributed by atoms with van der Waals surface area (Å²) in [5, 5.41) is 8.85. The number of nitrogens with zero attached hydrogens (tertiary/aromatic N) is 1. The summed E-state index contributed by atoms with van der Waals surface area (Å²) in [5.41, 5.74) is 3.12. The third kappa shape index (κ3) is 3.95. The van der Waals surface area contributed by atoms with E-state index < -0.39 is 0 Å². The van der Waals surface area contributed by atoms with Crippen molar-refractivity contribution in [2.75, 3.05) is 0 Å². The third-order valence-electron chi connectivity index (χ3n) is 3.41. The monoisotopic (exact) mass is 293 g/mol. The van der Waals surface area contributed by atoms with E-state index in [4.69, 9.17) is 10.00 Å². The minimum Gasteiger partial charge on any atom is -0.457 e.